The number of hydrogen-bond acceptors (Lipinski definition) is 3. The summed E-state index contributed by atoms with van der Waals surface area (Å²) < 4.78 is 6.11. The molecular weight excluding hydrogens is 463 g/mol. The minimum atomic E-state index is -0.500. The lowest BCUT2D eigenvalue weighted by Gasteiger charge is -2.33. The van der Waals surface area contributed by atoms with Gasteiger partial charge in [0.1, 0.15) is 17.1 Å². The molecule has 0 saturated heterocycles. The van der Waals surface area contributed by atoms with Gasteiger partial charge in [-0.05, 0) is 71.8 Å². The summed E-state index contributed by atoms with van der Waals surface area (Å²) in [5, 5.41) is 5.18. The lowest BCUT2D eigenvalue weighted by Crippen LogP contribution is -2.35. The first-order chi connectivity index (χ1) is 16.2. The Morgan fingerprint density at radius 2 is 1.53 bits per heavy atom. The maximum atomic E-state index is 6.23. The summed E-state index contributed by atoms with van der Waals surface area (Å²) in [4.78, 5) is 5.37. The van der Waals surface area contributed by atoms with Crippen molar-refractivity contribution in [3.8, 4) is 5.75 Å². The van der Waals surface area contributed by atoms with Crippen LogP contribution in [-0.4, -0.2) is 12.4 Å². The molecule has 3 aromatic carbocycles. The van der Waals surface area contributed by atoms with Crippen LogP contribution in [0.4, 0.5) is 0 Å². The molecule has 1 heterocycles. The second-order valence-corrected chi connectivity index (χ2v) is 10.6. The normalized spacial score (nSPS) is 20.1. The van der Waals surface area contributed by atoms with Gasteiger partial charge in [-0.15, -0.1) is 0 Å². The topological polar surface area (TPSA) is 33.6 Å². The van der Waals surface area contributed by atoms with Gasteiger partial charge in [0, 0.05) is 10.0 Å². The fourth-order valence-corrected chi connectivity index (χ4v) is 4.87. The van der Waals surface area contributed by atoms with Crippen molar-refractivity contribution in [2.45, 2.75) is 58.0 Å². The van der Waals surface area contributed by atoms with E-state index in [0.717, 1.165) is 34.7 Å². The standard InChI is InChI=1S/C29H32Cl2N2O/c1-6-29(20-10-15-23(31)16-11-20)26(19-8-13-22(30)14-9-19)32-27(33-29)24-17-12-21(28(3,4)5)18-25(24)34-7-2/h8-18,26H,6-7H2,1-5H3,(H,32,33). The van der Waals surface area contributed by atoms with Gasteiger partial charge in [0.25, 0.3) is 0 Å². The smallest absolute Gasteiger partial charge is 0.133 e. The number of aliphatic imine (C=N–C) groups is 1. The summed E-state index contributed by atoms with van der Waals surface area (Å²) in [7, 11) is 0. The zero-order chi connectivity index (χ0) is 24.5. The van der Waals surface area contributed by atoms with Crippen molar-refractivity contribution in [2.75, 3.05) is 6.61 Å². The highest BCUT2D eigenvalue weighted by Gasteiger charge is 2.45. The van der Waals surface area contributed by atoms with Gasteiger partial charge in [0.05, 0.1) is 18.2 Å². The molecule has 5 heteroatoms. The Balaban J connectivity index is 1.88. The van der Waals surface area contributed by atoms with Crippen LogP contribution in [0.3, 0.4) is 0 Å². The third-order valence-electron chi connectivity index (χ3n) is 6.56. The van der Waals surface area contributed by atoms with Crippen molar-refractivity contribution in [3.63, 3.8) is 0 Å². The minimum absolute atomic E-state index is 0.0254. The molecule has 2 unspecified atom stereocenters. The van der Waals surface area contributed by atoms with Crippen molar-refractivity contribution in [2.24, 2.45) is 4.99 Å². The van der Waals surface area contributed by atoms with Gasteiger partial charge in [-0.1, -0.05) is 81.2 Å². The average Bonchev–Trinajstić information content (AvgIpc) is 3.20. The molecule has 0 bridgehead atoms. The van der Waals surface area contributed by atoms with Gasteiger partial charge in [-0.25, -0.2) is 0 Å². The molecule has 3 nitrogen and oxygen atoms in total. The number of amidine groups is 1. The summed E-state index contributed by atoms with van der Waals surface area (Å²) in [6, 6.07) is 22.4. The van der Waals surface area contributed by atoms with E-state index in [1.807, 2.05) is 31.2 Å². The molecule has 0 fully saturated rings. The second-order valence-electron chi connectivity index (χ2n) is 9.77. The van der Waals surface area contributed by atoms with E-state index in [0.29, 0.717) is 16.7 Å². The van der Waals surface area contributed by atoms with Gasteiger partial charge in [0.15, 0.2) is 0 Å². The number of halogens is 2. The SMILES string of the molecule is CCOc1cc(C(C)(C)C)ccc1C1=NC(CC)(c2ccc(Cl)cc2)C(c2ccc(Cl)cc2)N1. The summed E-state index contributed by atoms with van der Waals surface area (Å²) in [6.07, 6.45) is 0.808. The molecule has 0 saturated carbocycles. The predicted molar refractivity (Wildman–Crippen MR) is 144 cm³/mol. The van der Waals surface area contributed by atoms with E-state index < -0.39 is 5.54 Å². The zero-order valence-electron chi connectivity index (χ0n) is 20.5. The lowest BCUT2D eigenvalue weighted by atomic mass is 9.79. The summed E-state index contributed by atoms with van der Waals surface area (Å²) >= 11 is 12.4. The van der Waals surface area contributed by atoms with E-state index in [1.54, 1.807) is 0 Å². The highest BCUT2D eigenvalue weighted by atomic mass is 35.5. The first-order valence-electron chi connectivity index (χ1n) is 11.8. The van der Waals surface area contributed by atoms with Gasteiger partial charge in [0.2, 0.25) is 0 Å². The number of hydrogen-bond donors (Lipinski definition) is 1. The molecule has 1 aliphatic heterocycles. The molecule has 178 valence electrons. The second kappa shape index (κ2) is 9.64. The van der Waals surface area contributed by atoms with E-state index in [-0.39, 0.29) is 11.5 Å². The third-order valence-corrected chi connectivity index (χ3v) is 7.06. The van der Waals surface area contributed by atoms with E-state index in [9.17, 15) is 0 Å². The monoisotopic (exact) mass is 494 g/mol. The van der Waals surface area contributed by atoms with Crippen molar-refractivity contribution >= 4 is 29.0 Å². The van der Waals surface area contributed by atoms with Crippen LogP contribution in [0, 0.1) is 0 Å². The van der Waals surface area contributed by atoms with Gasteiger partial charge in [-0.3, -0.25) is 4.99 Å². The molecule has 1 aliphatic rings. The van der Waals surface area contributed by atoms with Crippen molar-refractivity contribution in [1.82, 2.24) is 5.32 Å². The Morgan fingerprint density at radius 1 is 0.912 bits per heavy atom. The van der Waals surface area contributed by atoms with Crippen LogP contribution in [0.25, 0.3) is 0 Å². The van der Waals surface area contributed by atoms with E-state index >= 15 is 0 Å². The maximum Gasteiger partial charge on any atom is 0.133 e. The Bertz CT molecular complexity index is 1180. The Kier molecular flexibility index (Phi) is 6.98. The number of benzene rings is 3. The molecule has 0 radical (unpaired) electrons. The van der Waals surface area contributed by atoms with Gasteiger partial charge in [-0.2, -0.15) is 0 Å². The van der Waals surface area contributed by atoms with Crippen molar-refractivity contribution in [1.29, 1.82) is 0 Å². The first-order valence-corrected chi connectivity index (χ1v) is 12.6. The molecule has 34 heavy (non-hydrogen) atoms. The van der Waals surface area contributed by atoms with Crippen LogP contribution in [0.5, 0.6) is 5.75 Å². The van der Waals surface area contributed by atoms with Gasteiger partial charge < -0.3 is 10.1 Å². The number of rotatable bonds is 6. The van der Waals surface area contributed by atoms with Crippen LogP contribution < -0.4 is 10.1 Å². The van der Waals surface area contributed by atoms with Crippen LogP contribution in [-0.2, 0) is 11.0 Å². The molecular formula is C29H32Cl2N2O. The molecule has 0 spiro atoms. The fraction of sp³-hybridized carbons (Fsp3) is 0.345. The van der Waals surface area contributed by atoms with Gasteiger partial charge >= 0.3 is 0 Å². The summed E-state index contributed by atoms with van der Waals surface area (Å²) in [5.74, 6) is 1.68. The molecule has 0 aliphatic carbocycles. The predicted octanol–water partition coefficient (Wildman–Crippen LogP) is 8.09. The molecule has 4 rings (SSSR count). The van der Waals surface area contributed by atoms with Crippen LogP contribution >= 0.6 is 23.2 Å². The fourth-order valence-electron chi connectivity index (χ4n) is 4.62. The Labute approximate surface area is 213 Å². The number of nitrogens with zero attached hydrogens (tertiary/aromatic N) is 1. The molecule has 0 aromatic heterocycles. The average molecular weight is 495 g/mol. The largest absolute Gasteiger partial charge is 0.493 e. The summed E-state index contributed by atoms with van der Waals surface area (Å²) in [6.45, 7) is 11.4. The Hall–Kier alpha value is -2.49. The first kappa shape index (κ1) is 24.6. The maximum absolute atomic E-state index is 6.23. The molecule has 3 aromatic rings. The quantitative estimate of drug-likeness (QED) is 0.375. The highest BCUT2D eigenvalue weighted by molar-refractivity contribution is 6.30. The van der Waals surface area contributed by atoms with E-state index in [4.69, 9.17) is 32.9 Å². The summed E-state index contributed by atoms with van der Waals surface area (Å²) in [5.41, 5.74) is 3.97. The number of ether oxygens (including phenoxy) is 1. The van der Waals surface area contributed by atoms with Crippen LogP contribution in [0.1, 0.15) is 69.3 Å². The van der Waals surface area contributed by atoms with Crippen LogP contribution in [0.15, 0.2) is 71.7 Å². The molecule has 0 amide bonds. The van der Waals surface area contributed by atoms with Crippen molar-refractivity contribution in [3.05, 3.63) is 99.0 Å². The highest BCUT2D eigenvalue weighted by Crippen LogP contribution is 2.46. The lowest BCUT2D eigenvalue weighted by molar-refractivity contribution is 0.338. The Morgan fingerprint density at radius 3 is 2.09 bits per heavy atom. The van der Waals surface area contributed by atoms with Crippen LogP contribution in [0.2, 0.25) is 10.0 Å². The number of nitrogens with one attached hydrogen (secondary N) is 1. The minimum Gasteiger partial charge on any atom is -0.493 e. The third kappa shape index (κ3) is 4.69. The van der Waals surface area contributed by atoms with E-state index in [2.05, 4.69) is 75.5 Å². The van der Waals surface area contributed by atoms with Crippen molar-refractivity contribution < 1.29 is 4.74 Å². The van der Waals surface area contributed by atoms with E-state index in [1.165, 1.54) is 5.56 Å². The molecule has 2 atom stereocenters. The zero-order valence-corrected chi connectivity index (χ0v) is 22.0. The molecule has 1 N–H and O–H groups in total.